The third-order valence-electron chi connectivity index (χ3n) is 11.8. The number of hydrogen-bond acceptors (Lipinski definition) is 15. The monoisotopic (exact) mass is 825 g/mol. The van der Waals surface area contributed by atoms with E-state index in [4.69, 9.17) is 47.4 Å². The Labute approximate surface area is 336 Å². The average Bonchev–Trinajstić information content (AvgIpc) is 4.03. The normalized spacial score (nSPS) is 28.9. The van der Waals surface area contributed by atoms with E-state index in [1.807, 2.05) is 24.3 Å². The van der Waals surface area contributed by atoms with Crippen LogP contribution in [0, 0.1) is 27.8 Å². The van der Waals surface area contributed by atoms with E-state index >= 15 is 4.39 Å². The lowest BCUT2D eigenvalue weighted by molar-refractivity contribution is -0.396. The maximum atomic E-state index is 15.3. The Morgan fingerprint density at radius 1 is 0.949 bits per heavy atom. The predicted molar refractivity (Wildman–Crippen MR) is 199 cm³/mol. The molecule has 10 unspecified atom stereocenters. The average molecular weight is 826 g/mol. The standard InChI is InChI=1S/C40H42FN3O14.H2O/c1-18-55-37-33(58-39(46)35(45)38(37)56-18)11-23-22-10-29-30(54-17-53-29)12-24(22)34(26-16-51-15-25(23)26)19-7-31(49-3)36(32(8-19)50-4)57-21-5-6-28(27(41)9-21)52-14-20-13-42-40(43(20)2)44(47)48;/h5-10,12-13,18,23,25-26,33-35,37-39,45-46H,11,14-17H2,1-4H3;1H2. The van der Waals surface area contributed by atoms with Gasteiger partial charge in [-0.25, -0.2) is 8.96 Å². The lowest BCUT2D eigenvalue weighted by atomic mass is 9.61. The lowest BCUT2D eigenvalue weighted by Crippen LogP contribution is -2.56. The van der Waals surface area contributed by atoms with Gasteiger partial charge < -0.3 is 73.2 Å². The summed E-state index contributed by atoms with van der Waals surface area (Å²) in [6.45, 7) is 2.63. The van der Waals surface area contributed by atoms with Crippen molar-refractivity contribution in [3.63, 3.8) is 0 Å². The molecule has 4 aliphatic heterocycles. The number of imidazole rings is 1. The Bertz CT molecular complexity index is 2200. The van der Waals surface area contributed by atoms with Gasteiger partial charge in [-0.15, -0.1) is 0 Å². The third-order valence-corrected chi connectivity index (χ3v) is 11.8. The Morgan fingerprint density at radius 2 is 1.64 bits per heavy atom. The van der Waals surface area contributed by atoms with Crippen molar-refractivity contribution in [2.45, 2.75) is 68.8 Å². The number of ether oxygens (including phenoxy) is 10. The van der Waals surface area contributed by atoms with Crippen molar-refractivity contribution >= 4 is 5.95 Å². The van der Waals surface area contributed by atoms with Gasteiger partial charge in [0.05, 0.1) is 40.6 Å². The first kappa shape index (κ1) is 40.5. The van der Waals surface area contributed by atoms with Crippen molar-refractivity contribution in [3.05, 3.63) is 87.0 Å². The van der Waals surface area contributed by atoms with Crippen LogP contribution in [-0.2, 0) is 32.6 Å². The fourth-order valence-electron chi connectivity index (χ4n) is 9.09. The minimum Gasteiger partial charge on any atom is -0.493 e. The zero-order valence-corrected chi connectivity index (χ0v) is 32.4. The summed E-state index contributed by atoms with van der Waals surface area (Å²) >= 11 is 0. The van der Waals surface area contributed by atoms with Crippen LogP contribution in [-0.4, -0.2) is 101 Å². The molecule has 5 aliphatic rings. The van der Waals surface area contributed by atoms with E-state index in [1.54, 1.807) is 6.92 Å². The van der Waals surface area contributed by atoms with Gasteiger partial charge in [0.1, 0.15) is 36.9 Å². The second-order valence-electron chi connectivity index (χ2n) is 14.9. The number of halogens is 1. The number of aliphatic hydroxyl groups excluding tert-OH is 2. The lowest BCUT2D eigenvalue weighted by Gasteiger charge is -2.44. The fraction of sp³-hybridized carbons (Fsp3) is 0.475. The van der Waals surface area contributed by atoms with Gasteiger partial charge in [-0.1, -0.05) is 4.98 Å². The first-order valence-corrected chi connectivity index (χ1v) is 18.9. The number of rotatable bonds is 11. The second-order valence-corrected chi connectivity index (χ2v) is 14.9. The number of aliphatic hydroxyl groups is 2. The molecule has 19 heteroatoms. The number of nitrogens with zero attached hydrogens (tertiary/aromatic N) is 3. The van der Waals surface area contributed by atoms with E-state index < -0.39 is 47.7 Å². The number of fused-ring (bicyclic) bond motifs is 4. The summed E-state index contributed by atoms with van der Waals surface area (Å²) in [5.74, 6) is 0.776. The smallest absolute Gasteiger partial charge is 0.434 e. The van der Waals surface area contributed by atoms with Crippen LogP contribution in [0.3, 0.4) is 0 Å². The molecule has 1 aliphatic carbocycles. The molecule has 1 aromatic heterocycles. The SMILES string of the molecule is COc1cc(C2c3cc4c(cc3C(CC3OC(O)C(O)C5OC(C)OC35)C3COCC23)OCO4)cc(OC)c1Oc1ccc(OCc2cnc([N+](=O)[O-])n2C)c(F)c1.O. The molecule has 0 saturated carbocycles. The van der Waals surface area contributed by atoms with Gasteiger partial charge in [-0.2, -0.15) is 0 Å². The number of benzene rings is 3. The minimum absolute atomic E-state index is 0. The van der Waals surface area contributed by atoms with E-state index in [9.17, 15) is 20.3 Å². The maximum absolute atomic E-state index is 15.3. The van der Waals surface area contributed by atoms with E-state index in [2.05, 4.69) is 4.98 Å². The number of methoxy groups -OCH3 is 2. The molecule has 4 N–H and O–H groups in total. The van der Waals surface area contributed by atoms with Gasteiger partial charge in [-0.05, 0) is 89.1 Å². The van der Waals surface area contributed by atoms with Crippen LogP contribution in [0.5, 0.6) is 40.2 Å². The van der Waals surface area contributed by atoms with Crippen molar-refractivity contribution in [1.82, 2.24) is 9.55 Å². The van der Waals surface area contributed by atoms with Gasteiger partial charge in [0.25, 0.3) is 0 Å². The van der Waals surface area contributed by atoms with Crippen LogP contribution in [0.2, 0.25) is 0 Å². The van der Waals surface area contributed by atoms with Gasteiger partial charge in [0.2, 0.25) is 12.5 Å². The van der Waals surface area contributed by atoms with Crippen LogP contribution >= 0.6 is 0 Å². The molecule has 10 atom stereocenters. The third kappa shape index (κ3) is 7.15. The molecule has 59 heavy (non-hydrogen) atoms. The first-order valence-electron chi connectivity index (χ1n) is 18.9. The predicted octanol–water partition coefficient (Wildman–Crippen LogP) is 3.85. The summed E-state index contributed by atoms with van der Waals surface area (Å²) in [4.78, 5) is 14.3. The van der Waals surface area contributed by atoms with E-state index in [0.717, 1.165) is 22.8 Å². The van der Waals surface area contributed by atoms with E-state index in [0.29, 0.717) is 48.3 Å². The minimum atomic E-state index is -1.43. The molecule has 4 aromatic rings. The highest BCUT2D eigenvalue weighted by Gasteiger charge is 2.54. The molecule has 3 aromatic carbocycles. The molecule has 0 spiro atoms. The molecule has 9 rings (SSSR count). The molecule has 0 amide bonds. The van der Waals surface area contributed by atoms with Crippen molar-refractivity contribution < 1.29 is 72.4 Å². The largest absolute Gasteiger partial charge is 0.493 e. The van der Waals surface area contributed by atoms with E-state index in [-0.39, 0.29) is 65.7 Å². The van der Waals surface area contributed by atoms with Crippen molar-refractivity contribution in [1.29, 1.82) is 0 Å². The summed E-state index contributed by atoms with van der Waals surface area (Å²) in [6.07, 6.45) is -3.39. The van der Waals surface area contributed by atoms with Gasteiger partial charge in [0, 0.05) is 12.0 Å². The molecule has 5 heterocycles. The molecule has 0 radical (unpaired) electrons. The fourth-order valence-corrected chi connectivity index (χ4v) is 9.09. The van der Waals surface area contributed by atoms with E-state index in [1.165, 1.54) is 44.2 Å². The Kier molecular flexibility index (Phi) is 11.0. The molecule has 3 saturated heterocycles. The molecular formula is C40H44FN3O15. The highest BCUT2D eigenvalue weighted by Crippen LogP contribution is 2.58. The molecule has 18 nitrogen and oxygen atoms in total. The van der Waals surface area contributed by atoms with Crippen LogP contribution in [0.25, 0.3) is 0 Å². The van der Waals surface area contributed by atoms with Gasteiger partial charge >= 0.3 is 5.95 Å². The summed E-state index contributed by atoms with van der Waals surface area (Å²) < 4.78 is 76.1. The zero-order chi connectivity index (χ0) is 40.4. The first-order chi connectivity index (χ1) is 28.0. The maximum Gasteiger partial charge on any atom is 0.434 e. The quantitative estimate of drug-likeness (QED) is 0.162. The molecule has 316 valence electrons. The Hall–Kier alpha value is -5.28. The van der Waals surface area contributed by atoms with Crippen LogP contribution in [0.4, 0.5) is 10.3 Å². The second kappa shape index (κ2) is 16.1. The van der Waals surface area contributed by atoms with Crippen LogP contribution in [0.1, 0.15) is 47.6 Å². The highest BCUT2D eigenvalue weighted by molar-refractivity contribution is 5.60. The van der Waals surface area contributed by atoms with Crippen molar-refractivity contribution in [2.24, 2.45) is 18.9 Å². The van der Waals surface area contributed by atoms with Crippen LogP contribution in [0.15, 0.2) is 48.7 Å². The molecule has 3 fully saturated rings. The van der Waals surface area contributed by atoms with Crippen molar-refractivity contribution in [2.75, 3.05) is 34.2 Å². The van der Waals surface area contributed by atoms with Gasteiger partial charge in [-0.3, -0.25) is 0 Å². The molecule has 0 bridgehead atoms. The Morgan fingerprint density at radius 3 is 2.32 bits per heavy atom. The molecular weight excluding hydrogens is 781 g/mol. The Balaban J connectivity index is 0.00000484. The number of aromatic nitrogens is 2. The highest BCUT2D eigenvalue weighted by atomic mass is 19.1. The topological polar surface area (TPSA) is 225 Å². The number of hydrogen-bond donors (Lipinski definition) is 2. The summed E-state index contributed by atoms with van der Waals surface area (Å²) in [5.41, 5.74) is 3.24. The summed E-state index contributed by atoms with van der Waals surface area (Å²) in [7, 11) is 4.49. The summed E-state index contributed by atoms with van der Waals surface area (Å²) in [6, 6.07) is 11.9. The number of nitro groups is 1. The van der Waals surface area contributed by atoms with Crippen molar-refractivity contribution in [3.8, 4) is 40.2 Å². The van der Waals surface area contributed by atoms with Gasteiger partial charge in [0.15, 0.2) is 52.8 Å². The van der Waals surface area contributed by atoms with Crippen LogP contribution < -0.4 is 28.4 Å². The summed E-state index contributed by atoms with van der Waals surface area (Å²) in [5, 5.41) is 32.5. The zero-order valence-electron chi connectivity index (χ0n) is 32.4.